The monoisotopic (exact) mass is 281 g/mol. The van der Waals surface area contributed by atoms with E-state index in [1.165, 1.54) is 5.56 Å². The van der Waals surface area contributed by atoms with Gasteiger partial charge < -0.3 is 14.8 Å². The lowest BCUT2D eigenvalue weighted by Crippen LogP contribution is -2.09. The topological polar surface area (TPSA) is 56.3 Å². The third kappa shape index (κ3) is 3.86. The second-order valence-electron chi connectivity index (χ2n) is 4.20. The van der Waals surface area contributed by atoms with E-state index in [1.807, 2.05) is 0 Å². The van der Waals surface area contributed by atoms with Crippen molar-refractivity contribution in [1.82, 2.24) is 9.97 Å². The van der Waals surface area contributed by atoms with Gasteiger partial charge >= 0.3 is 0 Å². The molecule has 1 N–H and O–H groups in total. The molecule has 0 aliphatic carbocycles. The van der Waals surface area contributed by atoms with Crippen LogP contribution >= 0.6 is 11.3 Å². The molecule has 0 aliphatic heterocycles. The fraction of sp³-hybridized carbons (Fsp3) is 0.538. The first-order valence-electron chi connectivity index (χ1n) is 6.32. The van der Waals surface area contributed by atoms with Crippen LogP contribution in [0.2, 0.25) is 0 Å². The van der Waals surface area contributed by atoms with Gasteiger partial charge in [-0.3, -0.25) is 0 Å². The van der Waals surface area contributed by atoms with Crippen molar-refractivity contribution >= 4 is 27.4 Å². The number of anilines is 1. The number of nitrogens with one attached hydrogen (secondary N) is 1. The number of aryl methyl sites for hydroxylation is 1. The second-order valence-corrected chi connectivity index (χ2v) is 5.08. The lowest BCUT2D eigenvalue weighted by Gasteiger charge is -2.07. The molecule has 2 heterocycles. The number of methoxy groups -OCH3 is 1. The van der Waals surface area contributed by atoms with Crippen LogP contribution in [-0.4, -0.2) is 43.4 Å². The third-order valence-electron chi connectivity index (χ3n) is 2.72. The van der Waals surface area contributed by atoms with Gasteiger partial charge in [-0.2, -0.15) is 0 Å². The van der Waals surface area contributed by atoms with Crippen molar-refractivity contribution in [3.8, 4) is 0 Å². The summed E-state index contributed by atoms with van der Waals surface area (Å²) < 4.78 is 11.4. The van der Waals surface area contributed by atoms with Crippen molar-refractivity contribution in [2.24, 2.45) is 0 Å². The summed E-state index contributed by atoms with van der Waals surface area (Å²) in [5.74, 6) is 0.917. The number of hydrogen-bond donors (Lipinski definition) is 1. The molecule has 0 unspecified atom stereocenters. The molecule has 0 radical (unpaired) electrons. The van der Waals surface area contributed by atoms with Crippen LogP contribution in [0, 0.1) is 6.92 Å². The maximum Gasteiger partial charge on any atom is 0.147 e. The Balaban J connectivity index is 1.79. The number of thiophene rings is 1. The van der Waals surface area contributed by atoms with Crippen molar-refractivity contribution in [2.75, 3.05) is 38.8 Å². The van der Waals surface area contributed by atoms with E-state index in [9.17, 15) is 0 Å². The van der Waals surface area contributed by atoms with Gasteiger partial charge in [-0.15, -0.1) is 11.3 Å². The average molecular weight is 281 g/mol. The van der Waals surface area contributed by atoms with Gasteiger partial charge in [0.05, 0.1) is 23.4 Å². The van der Waals surface area contributed by atoms with Crippen molar-refractivity contribution in [1.29, 1.82) is 0 Å². The number of hydrogen-bond acceptors (Lipinski definition) is 6. The summed E-state index contributed by atoms with van der Waals surface area (Å²) in [5, 5.41) is 5.45. The Morgan fingerprint density at radius 3 is 3.00 bits per heavy atom. The lowest BCUT2D eigenvalue weighted by molar-refractivity contribution is 0.0705. The molecule has 2 aromatic heterocycles. The zero-order valence-corrected chi connectivity index (χ0v) is 12.1. The molecule has 2 aromatic rings. The predicted molar refractivity (Wildman–Crippen MR) is 78.0 cm³/mol. The molecular weight excluding hydrogens is 262 g/mol. The first kappa shape index (κ1) is 14.2. The lowest BCUT2D eigenvalue weighted by atomic mass is 10.3. The summed E-state index contributed by atoms with van der Waals surface area (Å²) >= 11 is 1.68. The Hall–Kier alpha value is -1.24. The zero-order chi connectivity index (χ0) is 13.5. The largest absolute Gasteiger partial charge is 0.382 e. The molecule has 0 saturated heterocycles. The molecule has 0 spiro atoms. The zero-order valence-electron chi connectivity index (χ0n) is 11.3. The van der Waals surface area contributed by atoms with Crippen LogP contribution in [0.5, 0.6) is 0 Å². The van der Waals surface area contributed by atoms with Gasteiger partial charge in [-0.05, 0) is 24.3 Å². The molecule has 0 atom stereocenters. The summed E-state index contributed by atoms with van der Waals surface area (Å²) in [6.07, 6.45) is 2.55. The molecule has 0 saturated carbocycles. The SMILES string of the molecule is COCCOCCCNc1ncnc2c(C)csc12. The molecule has 2 rings (SSSR count). The highest BCUT2D eigenvalue weighted by atomic mass is 32.1. The fourth-order valence-electron chi connectivity index (χ4n) is 1.72. The summed E-state index contributed by atoms with van der Waals surface area (Å²) in [5.41, 5.74) is 2.24. The van der Waals surface area contributed by atoms with Crippen LogP contribution in [0.25, 0.3) is 10.2 Å². The minimum absolute atomic E-state index is 0.647. The summed E-state index contributed by atoms with van der Waals surface area (Å²) in [6, 6.07) is 0. The highest BCUT2D eigenvalue weighted by molar-refractivity contribution is 7.18. The molecule has 0 bridgehead atoms. The van der Waals surface area contributed by atoms with Crippen molar-refractivity contribution in [3.05, 3.63) is 17.3 Å². The number of nitrogens with zero attached hydrogens (tertiary/aromatic N) is 2. The van der Waals surface area contributed by atoms with Crippen LogP contribution in [0.15, 0.2) is 11.7 Å². The molecule has 0 amide bonds. The first-order chi connectivity index (χ1) is 9.33. The first-order valence-corrected chi connectivity index (χ1v) is 7.20. The van der Waals surface area contributed by atoms with Crippen molar-refractivity contribution in [2.45, 2.75) is 13.3 Å². The number of rotatable bonds is 8. The maximum atomic E-state index is 5.41. The van der Waals surface area contributed by atoms with Gasteiger partial charge in [0.15, 0.2) is 0 Å². The van der Waals surface area contributed by atoms with Gasteiger partial charge in [0, 0.05) is 20.3 Å². The number of ether oxygens (including phenoxy) is 2. The number of aromatic nitrogens is 2. The Kier molecular flexibility index (Phi) is 5.50. The van der Waals surface area contributed by atoms with E-state index < -0.39 is 0 Å². The van der Waals surface area contributed by atoms with Crippen molar-refractivity contribution in [3.63, 3.8) is 0 Å². The third-order valence-corrected chi connectivity index (χ3v) is 3.81. The summed E-state index contributed by atoms with van der Waals surface area (Å²) in [4.78, 5) is 8.60. The molecule has 19 heavy (non-hydrogen) atoms. The average Bonchev–Trinajstić information content (AvgIpc) is 2.81. The minimum Gasteiger partial charge on any atom is -0.382 e. The van der Waals surface area contributed by atoms with Gasteiger partial charge in [-0.25, -0.2) is 9.97 Å². The summed E-state index contributed by atoms with van der Waals surface area (Å²) in [6.45, 7) is 4.94. The minimum atomic E-state index is 0.647. The fourth-order valence-corrected chi connectivity index (χ4v) is 2.69. The Labute approximate surface area is 117 Å². The highest BCUT2D eigenvalue weighted by Crippen LogP contribution is 2.28. The quantitative estimate of drug-likeness (QED) is 0.753. The standard InChI is InChI=1S/C13H19N3O2S/c1-10-8-19-12-11(10)15-9-16-13(12)14-4-3-5-18-7-6-17-2/h8-9H,3-7H2,1-2H3,(H,14,15,16). The molecule has 0 aliphatic rings. The van der Waals surface area contributed by atoms with Crippen LogP contribution in [-0.2, 0) is 9.47 Å². The molecule has 0 aromatic carbocycles. The van der Waals surface area contributed by atoms with E-state index in [1.54, 1.807) is 24.8 Å². The van der Waals surface area contributed by atoms with E-state index in [2.05, 4.69) is 27.6 Å². The molecule has 5 nitrogen and oxygen atoms in total. The van der Waals surface area contributed by atoms with Gasteiger partial charge in [-0.1, -0.05) is 0 Å². The maximum absolute atomic E-state index is 5.41. The van der Waals surface area contributed by atoms with E-state index in [0.717, 1.165) is 35.6 Å². The molecule has 6 heteroatoms. The van der Waals surface area contributed by atoms with Crippen LogP contribution in [0.1, 0.15) is 12.0 Å². The van der Waals surface area contributed by atoms with E-state index >= 15 is 0 Å². The molecule has 104 valence electrons. The highest BCUT2D eigenvalue weighted by Gasteiger charge is 2.07. The van der Waals surface area contributed by atoms with Gasteiger partial charge in [0.1, 0.15) is 12.1 Å². The van der Waals surface area contributed by atoms with E-state index in [4.69, 9.17) is 9.47 Å². The van der Waals surface area contributed by atoms with Crippen LogP contribution < -0.4 is 5.32 Å². The van der Waals surface area contributed by atoms with Gasteiger partial charge in [0.2, 0.25) is 0 Å². The van der Waals surface area contributed by atoms with Gasteiger partial charge in [0.25, 0.3) is 0 Å². The Morgan fingerprint density at radius 1 is 1.26 bits per heavy atom. The Morgan fingerprint density at radius 2 is 2.16 bits per heavy atom. The van der Waals surface area contributed by atoms with E-state index in [-0.39, 0.29) is 0 Å². The predicted octanol–water partition coefficient (Wildman–Crippen LogP) is 2.46. The number of fused-ring (bicyclic) bond motifs is 1. The Bertz CT molecular complexity index is 516. The molecular formula is C13H19N3O2S. The van der Waals surface area contributed by atoms with Crippen LogP contribution in [0.4, 0.5) is 5.82 Å². The second kappa shape index (κ2) is 7.37. The van der Waals surface area contributed by atoms with Crippen molar-refractivity contribution < 1.29 is 9.47 Å². The van der Waals surface area contributed by atoms with Crippen LogP contribution in [0.3, 0.4) is 0 Å². The smallest absolute Gasteiger partial charge is 0.147 e. The molecule has 0 fully saturated rings. The summed E-state index contributed by atoms with van der Waals surface area (Å²) in [7, 11) is 1.67. The van der Waals surface area contributed by atoms with E-state index in [0.29, 0.717) is 13.2 Å². The normalized spacial score (nSPS) is 11.1.